The molecule has 0 atom stereocenters. The fourth-order valence-electron chi connectivity index (χ4n) is 1.84. The molecule has 0 spiro atoms. The Balaban J connectivity index is 3.10. The van der Waals surface area contributed by atoms with Crippen LogP contribution in [-0.2, 0) is 10.0 Å². The van der Waals surface area contributed by atoms with E-state index in [1.807, 2.05) is 13.8 Å². The number of sulfonamides is 1. The molecule has 0 aromatic carbocycles. The van der Waals surface area contributed by atoms with E-state index in [-0.39, 0.29) is 4.90 Å². The van der Waals surface area contributed by atoms with Gasteiger partial charge in [0.05, 0.1) is 5.69 Å². The third-order valence-corrected chi connectivity index (χ3v) is 4.89. The lowest BCUT2D eigenvalue weighted by atomic mass is 10.3. The van der Waals surface area contributed by atoms with Gasteiger partial charge in [0.1, 0.15) is 4.90 Å². The van der Waals surface area contributed by atoms with E-state index in [1.54, 1.807) is 12.3 Å². The summed E-state index contributed by atoms with van der Waals surface area (Å²) in [5.41, 5.74) is 0.618. The lowest BCUT2D eigenvalue weighted by Crippen LogP contribution is -2.32. The molecule has 0 saturated heterocycles. The van der Waals surface area contributed by atoms with Gasteiger partial charge in [0, 0.05) is 32.0 Å². The van der Waals surface area contributed by atoms with Gasteiger partial charge >= 0.3 is 0 Å². The van der Waals surface area contributed by atoms with Crippen LogP contribution in [-0.4, -0.2) is 37.3 Å². The molecule has 6 heteroatoms. The summed E-state index contributed by atoms with van der Waals surface area (Å²) in [6, 6.07) is 1.70. The monoisotopic (exact) mass is 285 g/mol. The Kier molecular flexibility index (Phi) is 6.24. The number of hydrogen-bond acceptors (Lipinski definition) is 4. The van der Waals surface area contributed by atoms with Crippen LogP contribution in [0.3, 0.4) is 0 Å². The van der Waals surface area contributed by atoms with Gasteiger partial charge < -0.3 is 5.32 Å². The average Bonchev–Trinajstić information content (AvgIpc) is 2.40. The first kappa shape index (κ1) is 15.9. The maximum absolute atomic E-state index is 12.6. The molecular weight excluding hydrogens is 262 g/mol. The van der Waals surface area contributed by atoms with Crippen molar-refractivity contribution in [1.82, 2.24) is 9.29 Å². The summed E-state index contributed by atoms with van der Waals surface area (Å²) < 4.78 is 26.7. The molecule has 0 aliphatic heterocycles. The molecule has 1 N–H and O–H groups in total. The predicted molar refractivity (Wildman–Crippen MR) is 77.7 cm³/mol. The number of unbranched alkanes of at least 4 members (excludes halogenated alkanes) is 1. The Morgan fingerprint density at radius 2 is 2.05 bits per heavy atom. The van der Waals surface area contributed by atoms with Crippen molar-refractivity contribution in [2.24, 2.45) is 0 Å². The Bertz CT molecular complexity index is 488. The minimum absolute atomic E-state index is 0.259. The Morgan fingerprint density at radius 3 is 2.63 bits per heavy atom. The number of pyridine rings is 1. The Labute approximate surface area is 116 Å². The molecule has 0 amide bonds. The van der Waals surface area contributed by atoms with E-state index < -0.39 is 10.0 Å². The zero-order valence-electron chi connectivity index (χ0n) is 11.9. The number of nitrogens with zero attached hydrogens (tertiary/aromatic N) is 2. The van der Waals surface area contributed by atoms with Crippen LogP contribution in [0.1, 0.15) is 33.6 Å². The first-order chi connectivity index (χ1) is 9.07. The summed E-state index contributed by atoms with van der Waals surface area (Å²) in [6.07, 6.45) is 4.85. The normalized spacial score (nSPS) is 11.8. The van der Waals surface area contributed by atoms with E-state index in [4.69, 9.17) is 0 Å². The predicted octanol–water partition coefficient (Wildman–Crippen LogP) is 2.32. The molecule has 0 fully saturated rings. The number of nitrogens with one attached hydrogen (secondary N) is 1. The Hall–Kier alpha value is -1.14. The van der Waals surface area contributed by atoms with Crippen LogP contribution in [0.25, 0.3) is 0 Å². The van der Waals surface area contributed by atoms with E-state index in [2.05, 4.69) is 17.2 Å². The van der Waals surface area contributed by atoms with Crippen LogP contribution >= 0.6 is 0 Å². The third kappa shape index (κ3) is 3.91. The van der Waals surface area contributed by atoms with E-state index in [9.17, 15) is 8.42 Å². The van der Waals surface area contributed by atoms with Gasteiger partial charge in [-0.2, -0.15) is 4.31 Å². The molecule has 19 heavy (non-hydrogen) atoms. The van der Waals surface area contributed by atoms with E-state index in [1.165, 1.54) is 10.5 Å². The van der Waals surface area contributed by atoms with Crippen molar-refractivity contribution in [2.45, 2.75) is 38.5 Å². The lowest BCUT2D eigenvalue weighted by Gasteiger charge is -2.21. The highest BCUT2D eigenvalue weighted by molar-refractivity contribution is 7.89. The SMILES string of the molecule is CCCCN(CC)S(=O)(=O)c1cnccc1NCC. The fraction of sp³-hybridized carbons (Fsp3) is 0.615. The van der Waals surface area contributed by atoms with Gasteiger partial charge in [0.15, 0.2) is 0 Å². The number of anilines is 1. The topological polar surface area (TPSA) is 62.3 Å². The summed E-state index contributed by atoms with van der Waals surface area (Å²) in [5.74, 6) is 0. The van der Waals surface area contributed by atoms with Crippen molar-refractivity contribution in [3.8, 4) is 0 Å². The van der Waals surface area contributed by atoms with Crippen molar-refractivity contribution in [1.29, 1.82) is 0 Å². The van der Waals surface area contributed by atoms with Crippen LogP contribution in [0, 0.1) is 0 Å². The largest absolute Gasteiger partial charge is 0.384 e. The zero-order valence-corrected chi connectivity index (χ0v) is 12.7. The molecule has 0 radical (unpaired) electrons. The fourth-order valence-corrected chi connectivity index (χ4v) is 3.44. The highest BCUT2D eigenvalue weighted by Gasteiger charge is 2.25. The summed E-state index contributed by atoms with van der Waals surface area (Å²) in [7, 11) is -3.47. The quantitative estimate of drug-likeness (QED) is 0.796. The average molecular weight is 285 g/mol. The van der Waals surface area contributed by atoms with Gasteiger partial charge in [0.25, 0.3) is 0 Å². The van der Waals surface area contributed by atoms with Crippen LogP contribution in [0.2, 0.25) is 0 Å². The van der Waals surface area contributed by atoms with Gasteiger partial charge in [-0.25, -0.2) is 8.42 Å². The summed E-state index contributed by atoms with van der Waals surface area (Å²) in [4.78, 5) is 4.20. The minimum atomic E-state index is -3.47. The maximum Gasteiger partial charge on any atom is 0.246 e. The van der Waals surface area contributed by atoms with E-state index >= 15 is 0 Å². The summed E-state index contributed by atoms with van der Waals surface area (Å²) in [6.45, 7) is 7.54. The lowest BCUT2D eigenvalue weighted by molar-refractivity contribution is 0.419. The van der Waals surface area contributed by atoms with Crippen molar-refractivity contribution in [3.05, 3.63) is 18.5 Å². The smallest absolute Gasteiger partial charge is 0.246 e. The van der Waals surface area contributed by atoms with Gasteiger partial charge in [-0.3, -0.25) is 4.98 Å². The van der Waals surface area contributed by atoms with Gasteiger partial charge in [-0.1, -0.05) is 20.3 Å². The van der Waals surface area contributed by atoms with Crippen LogP contribution in [0.5, 0.6) is 0 Å². The molecule has 0 aliphatic carbocycles. The highest BCUT2D eigenvalue weighted by Crippen LogP contribution is 2.23. The van der Waals surface area contributed by atoms with E-state index in [0.29, 0.717) is 25.3 Å². The molecule has 1 aromatic rings. The number of rotatable bonds is 8. The number of aromatic nitrogens is 1. The second kappa shape index (κ2) is 7.45. The molecule has 1 heterocycles. The van der Waals surface area contributed by atoms with Crippen LogP contribution < -0.4 is 5.32 Å². The van der Waals surface area contributed by atoms with Crippen molar-refractivity contribution < 1.29 is 8.42 Å². The minimum Gasteiger partial charge on any atom is -0.384 e. The first-order valence-electron chi connectivity index (χ1n) is 6.75. The standard InChI is InChI=1S/C13H23N3O2S/c1-4-7-10-16(6-3)19(17,18)13-11-14-9-8-12(13)15-5-2/h8-9,11H,4-7,10H2,1-3H3,(H,14,15). The second-order valence-corrected chi connectivity index (χ2v) is 6.16. The first-order valence-corrected chi connectivity index (χ1v) is 8.19. The van der Waals surface area contributed by atoms with Crippen LogP contribution in [0.4, 0.5) is 5.69 Å². The van der Waals surface area contributed by atoms with Crippen molar-refractivity contribution in [3.63, 3.8) is 0 Å². The van der Waals surface area contributed by atoms with Crippen molar-refractivity contribution in [2.75, 3.05) is 25.0 Å². The molecule has 5 nitrogen and oxygen atoms in total. The number of hydrogen-bond donors (Lipinski definition) is 1. The summed E-state index contributed by atoms with van der Waals surface area (Å²) in [5, 5.41) is 3.07. The Morgan fingerprint density at radius 1 is 1.32 bits per heavy atom. The maximum atomic E-state index is 12.6. The molecule has 1 aromatic heterocycles. The summed E-state index contributed by atoms with van der Waals surface area (Å²) >= 11 is 0. The molecule has 0 saturated carbocycles. The van der Waals surface area contributed by atoms with Gasteiger partial charge in [-0.05, 0) is 19.4 Å². The molecule has 1 rings (SSSR count). The molecule has 108 valence electrons. The van der Waals surface area contributed by atoms with E-state index in [0.717, 1.165) is 12.8 Å². The van der Waals surface area contributed by atoms with Crippen LogP contribution in [0.15, 0.2) is 23.4 Å². The van der Waals surface area contributed by atoms with Gasteiger partial charge in [-0.15, -0.1) is 0 Å². The highest BCUT2D eigenvalue weighted by atomic mass is 32.2. The second-order valence-electron chi connectivity index (χ2n) is 4.25. The third-order valence-electron chi connectivity index (χ3n) is 2.88. The van der Waals surface area contributed by atoms with Crippen molar-refractivity contribution >= 4 is 15.7 Å². The van der Waals surface area contributed by atoms with Gasteiger partial charge in [0.2, 0.25) is 10.0 Å². The molecule has 0 aliphatic rings. The molecule has 0 bridgehead atoms. The molecular formula is C13H23N3O2S. The molecule has 0 unspecified atom stereocenters. The zero-order chi connectivity index (χ0) is 14.3.